The van der Waals surface area contributed by atoms with Crippen LogP contribution in [-0.2, 0) is 59.1 Å². The van der Waals surface area contributed by atoms with Gasteiger partial charge in [-0.15, -0.1) is 0 Å². The summed E-state index contributed by atoms with van der Waals surface area (Å²) >= 11 is 0. The van der Waals surface area contributed by atoms with E-state index in [-0.39, 0.29) is 6.42 Å². The molecule has 3 unspecified atom stereocenters. The summed E-state index contributed by atoms with van der Waals surface area (Å²) in [5.41, 5.74) is 3.60. The van der Waals surface area contributed by atoms with E-state index in [0.29, 0.717) is 25.8 Å². The molecular weight excluding hydrogens is 728 g/mol. The van der Waals surface area contributed by atoms with Crippen LogP contribution in [0.25, 0.3) is 0 Å². The predicted molar refractivity (Wildman–Crippen MR) is 129 cm³/mol. The molecule has 0 aromatic rings. The van der Waals surface area contributed by atoms with E-state index in [1.807, 2.05) is 0 Å². The second-order valence-corrected chi connectivity index (χ2v) is 15.7. The van der Waals surface area contributed by atoms with Crippen molar-refractivity contribution in [2.75, 3.05) is 13.2 Å². The third-order valence-electron chi connectivity index (χ3n) is 4.88. The molecule has 258 valence electrons. The van der Waals surface area contributed by atoms with Gasteiger partial charge in [-0.2, -0.15) is 0 Å². The van der Waals surface area contributed by atoms with Gasteiger partial charge in [0.25, 0.3) is 7.82 Å². The molecule has 0 spiro atoms. The fraction of sp³-hybridized carbons (Fsp3) is 1.00. The number of rotatable bonds is 19. The van der Waals surface area contributed by atoms with Crippen molar-refractivity contribution in [2.24, 2.45) is 0 Å². The van der Waals surface area contributed by atoms with E-state index in [0.717, 1.165) is 0 Å². The fourth-order valence-corrected chi connectivity index (χ4v) is 7.36. The summed E-state index contributed by atoms with van der Waals surface area (Å²) in [7, 11) is -36.0. The van der Waals surface area contributed by atoms with Crippen LogP contribution in [0, 0.1) is 0 Å². The summed E-state index contributed by atoms with van der Waals surface area (Å²) in [4.78, 5) is 106. The Labute approximate surface area is 241 Å². The van der Waals surface area contributed by atoms with E-state index in [9.17, 15) is 81.2 Å². The van der Waals surface area contributed by atoms with Gasteiger partial charge in [0.05, 0.1) is 13.2 Å². The SMILES string of the molecule is [NH3+]CCCCCCOP(=O)([O-])OC1[C@H](OP(=O)(O)O)[C@H](OP(=O)(O)O)C(OP(=O)(O)O)[C@H](OP(=O)(O)O)[C@H]1OP(=O)(O)O. The average Bonchev–Trinajstić information content (AvgIpc) is 2.74. The highest BCUT2D eigenvalue weighted by molar-refractivity contribution is 7.47. The van der Waals surface area contributed by atoms with E-state index in [1.165, 1.54) is 0 Å². The minimum atomic E-state index is -6.04. The lowest BCUT2D eigenvalue weighted by atomic mass is 9.85. The van der Waals surface area contributed by atoms with Crippen molar-refractivity contribution in [3.8, 4) is 0 Å². The maximum atomic E-state index is 12.6. The first-order valence-corrected chi connectivity index (χ1v) is 20.4. The number of phosphoric acid groups is 6. The Morgan fingerprint density at radius 2 is 0.721 bits per heavy atom. The lowest BCUT2D eigenvalue weighted by Crippen LogP contribution is -2.66. The van der Waals surface area contributed by atoms with E-state index in [2.05, 4.69) is 37.4 Å². The zero-order valence-electron chi connectivity index (χ0n) is 21.3. The Morgan fingerprint density at radius 3 is 0.977 bits per heavy atom. The van der Waals surface area contributed by atoms with Crippen LogP contribution in [0.5, 0.6) is 0 Å². The Bertz CT molecular complexity index is 1120. The van der Waals surface area contributed by atoms with Gasteiger partial charge in [-0.3, -0.25) is 27.2 Å². The topological polar surface area (TPSA) is 420 Å². The summed E-state index contributed by atoms with van der Waals surface area (Å²) in [6.45, 7) is -0.0660. The Hall–Kier alpha value is 0.620. The zero-order chi connectivity index (χ0) is 33.7. The summed E-state index contributed by atoms with van der Waals surface area (Å²) in [6.07, 6.45) is -17.0. The number of quaternary nitrogens is 1. The third-order valence-corrected chi connectivity index (χ3v) is 8.47. The second kappa shape index (κ2) is 16.1. The van der Waals surface area contributed by atoms with Crippen LogP contribution in [0.2, 0.25) is 0 Å². The highest BCUT2D eigenvalue weighted by atomic mass is 31.2. The predicted octanol–water partition coefficient (Wildman–Crippen LogP) is -2.94. The Balaban J connectivity index is 3.86. The molecule has 0 radical (unpaired) electrons. The molecule has 0 heterocycles. The molecule has 0 bridgehead atoms. The van der Waals surface area contributed by atoms with Gasteiger partial charge < -0.3 is 68.6 Å². The summed E-state index contributed by atoms with van der Waals surface area (Å²) in [5.74, 6) is 0. The molecule has 1 rings (SSSR count). The van der Waals surface area contributed by atoms with Crippen LogP contribution >= 0.6 is 46.9 Å². The number of hydrogen-bond acceptors (Lipinski definition) is 14. The van der Waals surface area contributed by atoms with Gasteiger partial charge in [-0.25, -0.2) is 22.8 Å². The van der Waals surface area contributed by atoms with Crippen molar-refractivity contribution in [3.05, 3.63) is 0 Å². The molecule has 1 aliphatic rings. The van der Waals surface area contributed by atoms with Crippen LogP contribution in [0.4, 0.5) is 0 Å². The molecule has 7 atom stereocenters. The van der Waals surface area contributed by atoms with Crippen LogP contribution < -0.4 is 10.6 Å². The first-order valence-electron chi connectivity index (χ1n) is 11.3. The van der Waals surface area contributed by atoms with Crippen molar-refractivity contribution in [1.29, 1.82) is 0 Å². The van der Waals surface area contributed by atoms with E-state index in [1.54, 1.807) is 0 Å². The van der Waals surface area contributed by atoms with Crippen molar-refractivity contribution < 1.29 is 119 Å². The maximum Gasteiger partial charge on any atom is 0.470 e. The van der Waals surface area contributed by atoms with Crippen molar-refractivity contribution in [2.45, 2.75) is 62.3 Å². The lowest BCUT2D eigenvalue weighted by molar-refractivity contribution is -0.368. The normalized spacial score (nSPS) is 27.6. The van der Waals surface area contributed by atoms with Crippen LogP contribution in [0.15, 0.2) is 0 Å². The minimum Gasteiger partial charge on any atom is -0.756 e. The molecule has 0 saturated heterocycles. The molecule has 31 heteroatoms. The van der Waals surface area contributed by atoms with Gasteiger partial charge in [0.1, 0.15) is 36.6 Å². The Morgan fingerprint density at radius 1 is 0.465 bits per heavy atom. The number of hydrogen-bond donors (Lipinski definition) is 11. The van der Waals surface area contributed by atoms with Gasteiger partial charge in [-0.05, 0) is 19.3 Å². The molecule has 0 amide bonds. The highest BCUT2D eigenvalue weighted by Crippen LogP contribution is 2.57. The molecular formula is C12H31NO24P6. The van der Waals surface area contributed by atoms with Crippen LogP contribution in [0.3, 0.4) is 0 Å². The largest absolute Gasteiger partial charge is 0.756 e. The average molecular weight is 759 g/mol. The second-order valence-electron chi connectivity index (χ2n) is 8.42. The number of unbranched alkanes of at least 4 members (excludes halogenated alkanes) is 3. The molecule has 0 aromatic heterocycles. The third kappa shape index (κ3) is 17.4. The lowest BCUT2D eigenvalue weighted by Gasteiger charge is -2.49. The standard InChI is InChI=1S/C12H31NO24P6/c13-5-3-1-2-4-6-31-43(29,30)37-12-10(35-41(23,24)25)8(33-39(17,18)19)7(32-38(14,15)16)9(34-40(20,21)22)11(12)36-42(26,27)28/h7-12H,1-6,13H2,(H,29,30)(H2,14,15,16)(H2,17,18,19)(H2,20,21,22)(H2,23,24,25)(H2,26,27,28)/t7?,8-,9+,10-,11-,12?/m1/s1. The summed E-state index contributed by atoms with van der Waals surface area (Å²) in [5, 5.41) is 0. The summed E-state index contributed by atoms with van der Waals surface area (Å²) < 4.78 is 102. The van der Waals surface area contributed by atoms with Crippen molar-refractivity contribution in [3.63, 3.8) is 0 Å². The molecule has 43 heavy (non-hydrogen) atoms. The van der Waals surface area contributed by atoms with Gasteiger partial charge in [0.15, 0.2) is 0 Å². The van der Waals surface area contributed by atoms with E-state index < -0.39 is 90.2 Å². The van der Waals surface area contributed by atoms with Gasteiger partial charge >= 0.3 is 39.1 Å². The molecule has 1 fully saturated rings. The zero-order valence-corrected chi connectivity index (χ0v) is 26.7. The van der Waals surface area contributed by atoms with Crippen molar-refractivity contribution in [1.82, 2.24) is 0 Å². The highest BCUT2D eigenvalue weighted by Gasteiger charge is 2.62. The van der Waals surface area contributed by atoms with Gasteiger partial charge in [-0.1, -0.05) is 6.42 Å². The quantitative estimate of drug-likeness (QED) is 0.0463. The molecule has 1 saturated carbocycles. The van der Waals surface area contributed by atoms with Crippen LogP contribution in [0.1, 0.15) is 25.7 Å². The monoisotopic (exact) mass is 759 g/mol. The molecule has 13 N–H and O–H groups in total. The molecule has 1 aliphatic carbocycles. The first kappa shape index (κ1) is 41.6. The van der Waals surface area contributed by atoms with Gasteiger partial charge in [0.2, 0.25) is 0 Å². The Kier molecular flexibility index (Phi) is 15.6. The maximum absolute atomic E-state index is 12.6. The molecule has 0 aromatic carbocycles. The smallest absolute Gasteiger partial charge is 0.470 e. The van der Waals surface area contributed by atoms with Crippen LogP contribution in [-0.4, -0.2) is 98.7 Å². The first-order chi connectivity index (χ1) is 19.1. The number of phosphoric ester groups is 6. The molecule has 0 aliphatic heterocycles. The molecule has 25 nitrogen and oxygen atoms in total. The van der Waals surface area contributed by atoms with E-state index >= 15 is 0 Å². The fourth-order valence-electron chi connectivity index (χ4n) is 3.62. The van der Waals surface area contributed by atoms with Gasteiger partial charge in [0, 0.05) is 0 Å². The summed E-state index contributed by atoms with van der Waals surface area (Å²) in [6, 6.07) is 0. The van der Waals surface area contributed by atoms with E-state index in [4.69, 9.17) is 0 Å². The van der Waals surface area contributed by atoms with Crippen molar-refractivity contribution >= 4 is 46.9 Å². The minimum absolute atomic E-state index is 0.0527.